The van der Waals surface area contributed by atoms with Gasteiger partial charge in [0.25, 0.3) is 0 Å². The standard InChI is InChI=1S/C17H13ClFN3O/c18-10-5-6-14-12(7-10)16(11-3-1-2-4-13(11)19)22-17(21-14)8-15(23)20-9-17/h1-7,21H,8-9H2,(H,20,23). The summed E-state index contributed by atoms with van der Waals surface area (Å²) in [5, 5.41) is 6.63. The van der Waals surface area contributed by atoms with Crippen LogP contribution in [0.3, 0.4) is 0 Å². The van der Waals surface area contributed by atoms with Crippen LogP contribution in [0.5, 0.6) is 0 Å². The molecule has 23 heavy (non-hydrogen) atoms. The molecule has 1 saturated heterocycles. The predicted octanol–water partition coefficient (Wildman–Crippen LogP) is 2.96. The van der Waals surface area contributed by atoms with E-state index in [-0.39, 0.29) is 18.1 Å². The fourth-order valence-electron chi connectivity index (χ4n) is 3.04. The Balaban J connectivity index is 1.94. The van der Waals surface area contributed by atoms with Crippen molar-refractivity contribution in [1.82, 2.24) is 5.32 Å². The first-order chi connectivity index (χ1) is 11.1. The van der Waals surface area contributed by atoms with Crippen LogP contribution >= 0.6 is 11.6 Å². The lowest BCUT2D eigenvalue weighted by Crippen LogP contribution is -2.42. The van der Waals surface area contributed by atoms with E-state index in [4.69, 9.17) is 16.6 Å². The van der Waals surface area contributed by atoms with Crippen LogP contribution in [-0.4, -0.2) is 23.8 Å². The molecule has 2 aliphatic rings. The molecule has 4 rings (SSSR count). The number of aliphatic imine (C=N–C) groups is 1. The average Bonchev–Trinajstić information content (AvgIpc) is 2.88. The summed E-state index contributed by atoms with van der Waals surface area (Å²) < 4.78 is 14.3. The van der Waals surface area contributed by atoms with Crippen LogP contribution in [0.1, 0.15) is 17.5 Å². The second-order valence-electron chi connectivity index (χ2n) is 5.74. The average molecular weight is 330 g/mol. The molecule has 2 heterocycles. The zero-order chi connectivity index (χ0) is 16.0. The number of fused-ring (bicyclic) bond motifs is 1. The highest BCUT2D eigenvalue weighted by Crippen LogP contribution is 2.35. The first-order valence-corrected chi connectivity index (χ1v) is 7.64. The molecule has 0 aliphatic carbocycles. The van der Waals surface area contributed by atoms with Gasteiger partial charge in [0.05, 0.1) is 18.7 Å². The molecular formula is C17H13ClFN3O. The van der Waals surface area contributed by atoms with Crippen LogP contribution < -0.4 is 10.6 Å². The Bertz CT molecular complexity index is 851. The van der Waals surface area contributed by atoms with Crippen molar-refractivity contribution in [2.75, 3.05) is 11.9 Å². The highest BCUT2D eigenvalue weighted by atomic mass is 35.5. The third-order valence-corrected chi connectivity index (χ3v) is 4.32. The fraction of sp³-hybridized carbons (Fsp3) is 0.176. The Labute approximate surface area is 137 Å². The van der Waals surface area contributed by atoms with Gasteiger partial charge in [-0.1, -0.05) is 23.7 Å². The van der Waals surface area contributed by atoms with Crippen molar-refractivity contribution < 1.29 is 9.18 Å². The Morgan fingerprint density at radius 2 is 2.00 bits per heavy atom. The van der Waals surface area contributed by atoms with E-state index in [0.29, 0.717) is 22.8 Å². The number of halogens is 2. The van der Waals surface area contributed by atoms with Gasteiger partial charge in [0.15, 0.2) is 5.66 Å². The maximum Gasteiger partial charge on any atom is 0.224 e. The van der Waals surface area contributed by atoms with Gasteiger partial charge in [-0.25, -0.2) is 4.39 Å². The maximum absolute atomic E-state index is 14.3. The lowest BCUT2D eigenvalue weighted by atomic mass is 9.95. The van der Waals surface area contributed by atoms with Gasteiger partial charge < -0.3 is 10.6 Å². The van der Waals surface area contributed by atoms with Gasteiger partial charge >= 0.3 is 0 Å². The number of nitrogens with one attached hydrogen (secondary N) is 2. The molecule has 0 bridgehead atoms. The molecule has 1 atom stereocenters. The van der Waals surface area contributed by atoms with E-state index in [1.54, 1.807) is 30.3 Å². The van der Waals surface area contributed by atoms with Crippen LogP contribution in [0, 0.1) is 5.82 Å². The van der Waals surface area contributed by atoms with Crippen molar-refractivity contribution in [3.05, 3.63) is 64.4 Å². The minimum absolute atomic E-state index is 0.0773. The molecule has 1 unspecified atom stereocenters. The summed E-state index contributed by atoms with van der Waals surface area (Å²) in [6.07, 6.45) is 0.215. The van der Waals surface area contributed by atoms with E-state index in [2.05, 4.69) is 10.6 Å². The molecule has 116 valence electrons. The van der Waals surface area contributed by atoms with Gasteiger partial charge in [0.1, 0.15) is 5.82 Å². The highest BCUT2D eigenvalue weighted by Gasteiger charge is 2.42. The number of anilines is 1. The highest BCUT2D eigenvalue weighted by molar-refractivity contribution is 6.31. The molecule has 6 heteroatoms. The van der Waals surface area contributed by atoms with Crippen molar-refractivity contribution in [3.63, 3.8) is 0 Å². The predicted molar refractivity (Wildman–Crippen MR) is 87.5 cm³/mol. The molecule has 1 spiro atoms. The topological polar surface area (TPSA) is 53.5 Å². The lowest BCUT2D eigenvalue weighted by molar-refractivity contribution is -0.119. The van der Waals surface area contributed by atoms with Crippen LogP contribution in [0.15, 0.2) is 47.5 Å². The molecule has 2 aliphatic heterocycles. The summed E-state index contributed by atoms with van der Waals surface area (Å²) in [6, 6.07) is 11.8. The van der Waals surface area contributed by atoms with Crippen molar-refractivity contribution in [2.24, 2.45) is 4.99 Å². The van der Waals surface area contributed by atoms with Crippen LogP contribution in [-0.2, 0) is 4.79 Å². The SMILES string of the molecule is O=C1CC2(CN1)N=C(c1ccccc1F)c1cc(Cl)ccc1N2. The second-order valence-corrected chi connectivity index (χ2v) is 6.18. The van der Waals surface area contributed by atoms with Crippen molar-refractivity contribution in [2.45, 2.75) is 12.1 Å². The van der Waals surface area contributed by atoms with Crippen molar-refractivity contribution in [3.8, 4) is 0 Å². The summed E-state index contributed by atoms with van der Waals surface area (Å²) >= 11 is 6.10. The van der Waals surface area contributed by atoms with Crippen molar-refractivity contribution >= 4 is 28.9 Å². The molecule has 4 nitrogen and oxygen atoms in total. The van der Waals surface area contributed by atoms with Gasteiger partial charge in [-0.15, -0.1) is 0 Å². The summed E-state index contributed by atoms with van der Waals surface area (Å²) in [5.74, 6) is -0.432. The first-order valence-electron chi connectivity index (χ1n) is 7.26. The molecule has 2 N–H and O–H groups in total. The minimum atomic E-state index is -0.782. The van der Waals surface area contributed by atoms with E-state index in [1.165, 1.54) is 6.07 Å². The van der Waals surface area contributed by atoms with E-state index in [0.717, 1.165) is 11.3 Å². The number of amides is 1. The molecule has 0 radical (unpaired) electrons. The third kappa shape index (κ3) is 2.37. The van der Waals surface area contributed by atoms with Gasteiger partial charge in [-0.3, -0.25) is 9.79 Å². The Morgan fingerprint density at radius 1 is 1.17 bits per heavy atom. The largest absolute Gasteiger partial charge is 0.359 e. The zero-order valence-corrected chi connectivity index (χ0v) is 12.8. The Hall–Kier alpha value is -2.40. The normalized spacial score (nSPS) is 22.3. The fourth-order valence-corrected chi connectivity index (χ4v) is 3.21. The number of carbonyl (C=O) groups is 1. The first kappa shape index (κ1) is 14.2. The molecule has 2 aromatic rings. The molecule has 1 fully saturated rings. The Morgan fingerprint density at radius 3 is 2.74 bits per heavy atom. The third-order valence-electron chi connectivity index (χ3n) is 4.09. The summed E-state index contributed by atoms with van der Waals surface area (Å²) in [4.78, 5) is 16.4. The van der Waals surface area contributed by atoms with Crippen molar-refractivity contribution in [1.29, 1.82) is 0 Å². The van der Waals surface area contributed by atoms with E-state index < -0.39 is 5.66 Å². The molecule has 0 aromatic heterocycles. The number of hydrogen-bond donors (Lipinski definition) is 2. The van der Waals surface area contributed by atoms with E-state index in [9.17, 15) is 9.18 Å². The Kier molecular flexibility index (Phi) is 3.13. The smallest absolute Gasteiger partial charge is 0.224 e. The molecule has 1 amide bonds. The maximum atomic E-state index is 14.3. The molecule has 2 aromatic carbocycles. The number of carbonyl (C=O) groups excluding carboxylic acids is 1. The van der Waals surface area contributed by atoms with Gasteiger partial charge in [0.2, 0.25) is 5.91 Å². The summed E-state index contributed by atoms with van der Waals surface area (Å²) in [5.41, 5.74) is 1.65. The molecular weight excluding hydrogens is 317 g/mol. The van der Waals surface area contributed by atoms with E-state index in [1.807, 2.05) is 6.07 Å². The molecule has 0 saturated carbocycles. The lowest BCUT2D eigenvalue weighted by Gasteiger charge is -2.33. The monoisotopic (exact) mass is 329 g/mol. The quantitative estimate of drug-likeness (QED) is 0.845. The second kappa shape index (κ2) is 5.06. The van der Waals surface area contributed by atoms with E-state index >= 15 is 0 Å². The number of rotatable bonds is 1. The number of benzene rings is 2. The summed E-state index contributed by atoms with van der Waals surface area (Å²) in [6.45, 7) is 0.367. The summed E-state index contributed by atoms with van der Waals surface area (Å²) in [7, 11) is 0. The van der Waals surface area contributed by atoms with Gasteiger partial charge in [-0.2, -0.15) is 0 Å². The van der Waals surface area contributed by atoms with Crippen LogP contribution in [0.25, 0.3) is 0 Å². The van der Waals surface area contributed by atoms with Crippen LogP contribution in [0.2, 0.25) is 5.02 Å². The minimum Gasteiger partial charge on any atom is -0.359 e. The number of nitrogens with zero attached hydrogens (tertiary/aromatic N) is 1. The van der Waals surface area contributed by atoms with Gasteiger partial charge in [0, 0.05) is 21.8 Å². The number of hydrogen-bond acceptors (Lipinski definition) is 3. The van der Waals surface area contributed by atoms with Gasteiger partial charge in [-0.05, 0) is 30.3 Å². The van der Waals surface area contributed by atoms with Crippen LogP contribution in [0.4, 0.5) is 10.1 Å². The zero-order valence-electron chi connectivity index (χ0n) is 12.1.